The second-order valence-corrected chi connectivity index (χ2v) is 23.6. The average Bonchev–Trinajstić information content (AvgIpc) is 1.53. The van der Waals surface area contributed by atoms with Crippen LogP contribution in [-0.2, 0) is 12.4 Å². The quantitative estimate of drug-likeness (QED) is 0.142. The average molecular weight is 1230 g/mol. The molecule has 0 saturated heterocycles. The summed E-state index contributed by atoms with van der Waals surface area (Å²) in [5, 5.41) is 30.1. The Kier molecular flexibility index (Phi) is 12.5. The van der Waals surface area contributed by atoms with Gasteiger partial charge in [-0.25, -0.2) is 0 Å². The number of aromatic nitrogens is 4. The number of hydrogen-bond acceptors (Lipinski definition) is 2. The van der Waals surface area contributed by atoms with Crippen molar-refractivity contribution in [3.63, 3.8) is 0 Å². The van der Waals surface area contributed by atoms with E-state index in [1.165, 1.54) is 12.1 Å². The summed E-state index contributed by atoms with van der Waals surface area (Å²) in [6.45, 7) is 0. The summed E-state index contributed by atoms with van der Waals surface area (Å²) >= 11 is 0. The first-order chi connectivity index (χ1) is 45.8. The molecule has 0 aliphatic heterocycles. The molecule has 0 saturated carbocycles. The molecule has 12 heteroatoms. The third-order valence-corrected chi connectivity index (χ3v) is 18.5. The number of nitriles is 2. The van der Waals surface area contributed by atoms with Gasteiger partial charge in [0.2, 0.25) is 0 Å². The molecule has 0 aliphatic carbocycles. The van der Waals surface area contributed by atoms with Crippen LogP contribution < -0.4 is 0 Å². The summed E-state index contributed by atoms with van der Waals surface area (Å²) in [5.41, 5.74) is 10.5. The maximum Gasteiger partial charge on any atom is 0.416 e. The van der Waals surface area contributed by atoms with Crippen LogP contribution in [0.15, 0.2) is 279 Å². The van der Waals surface area contributed by atoms with Gasteiger partial charge in [0.1, 0.15) is 23.3 Å². The van der Waals surface area contributed by atoms with E-state index in [2.05, 4.69) is 45.5 Å². The normalized spacial score (nSPS) is 12.1. The van der Waals surface area contributed by atoms with Crippen LogP contribution in [0.1, 0.15) is 22.3 Å². The van der Waals surface area contributed by atoms with Crippen LogP contribution in [0.4, 0.5) is 26.3 Å². The summed E-state index contributed by atoms with van der Waals surface area (Å²) < 4.78 is 98.3. The molecule has 0 radical (unpaired) electrons. The molecule has 0 amide bonds. The molecular formula is C82H46F6N6. The highest BCUT2D eigenvalue weighted by atomic mass is 19.4. The SMILES string of the molecule is N#Cc1c(-n2c3ccccc3c3cc(C(F)(F)F)ccc32)c(C#N)c(-n2c3ccccc3c3cc(C(F)(F)F)ccc32)c(-n2c3ccc(-c4ccccc4)cc3c3cc(-c4ccccc4)ccc32)c1-n1c2ccc(-c3ccccc3)cc2c2cc(-c3ccccc3)ccc21. The van der Waals surface area contributed by atoms with Crippen molar-refractivity contribution < 1.29 is 26.3 Å². The molecule has 4 aromatic heterocycles. The van der Waals surface area contributed by atoms with Crippen LogP contribution in [0.25, 0.3) is 154 Å². The topological polar surface area (TPSA) is 67.3 Å². The molecule has 0 aliphatic rings. The molecule has 4 heterocycles. The number of benzene rings is 13. The van der Waals surface area contributed by atoms with Gasteiger partial charge in [-0.15, -0.1) is 0 Å². The summed E-state index contributed by atoms with van der Waals surface area (Å²) in [6.07, 6.45) is -9.48. The zero-order valence-electron chi connectivity index (χ0n) is 49.5. The minimum atomic E-state index is -4.74. The molecule has 0 unspecified atom stereocenters. The van der Waals surface area contributed by atoms with Crippen LogP contribution >= 0.6 is 0 Å². The number of para-hydroxylation sites is 2. The predicted molar refractivity (Wildman–Crippen MR) is 365 cm³/mol. The monoisotopic (exact) mass is 1230 g/mol. The van der Waals surface area contributed by atoms with Crippen molar-refractivity contribution in [1.82, 2.24) is 18.3 Å². The molecule has 6 nitrogen and oxygen atoms in total. The van der Waals surface area contributed by atoms with Gasteiger partial charge < -0.3 is 18.3 Å². The largest absolute Gasteiger partial charge is 0.416 e. The Morgan fingerprint density at radius 1 is 0.223 bits per heavy atom. The second kappa shape index (κ2) is 21.1. The fraction of sp³-hybridized carbons (Fsp3) is 0.0244. The highest BCUT2D eigenvalue weighted by Gasteiger charge is 2.37. The number of rotatable bonds is 8. The molecule has 13 aromatic carbocycles. The Morgan fingerprint density at radius 2 is 0.468 bits per heavy atom. The van der Waals surface area contributed by atoms with E-state index in [0.29, 0.717) is 55.1 Å². The second-order valence-electron chi connectivity index (χ2n) is 23.6. The van der Waals surface area contributed by atoms with Crippen molar-refractivity contribution in [2.24, 2.45) is 0 Å². The lowest BCUT2D eigenvalue weighted by molar-refractivity contribution is -0.138. The fourth-order valence-electron chi connectivity index (χ4n) is 14.3. The lowest BCUT2D eigenvalue weighted by atomic mass is 9.98. The minimum absolute atomic E-state index is 0.0205. The van der Waals surface area contributed by atoms with Crippen molar-refractivity contribution in [1.29, 1.82) is 10.5 Å². The molecule has 446 valence electrons. The van der Waals surface area contributed by atoms with Gasteiger partial charge in [0.25, 0.3) is 0 Å². The van der Waals surface area contributed by atoms with Gasteiger partial charge in [-0.3, -0.25) is 0 Å². The molecule has 0 fully saturated rings. The number of alkyl halides is 6. The Hall–Kier alpha value is -12.4. The van der Waals surface area contributed by atoms with Crippen LogP contribution in [0.5, 0.6) is 0 Å². The Labute approximate surface area is 532 Å². The predicted octanol–water partition coefficient (Wildman–Crippen LogP) is 22.5. The highest BCUT2D eigenvalue weighted by molar-refractivity contribution is 6.17. The van der Waals surface area contributed by atoms with Crippen LogP contribution in [0, 0.1) is 22.7 Å². The third-order valence-electron chi connectivity index (χ3n) is 18.5. The molecule has 17 rings (SSSR count). The highest BCUT2D eigenvalue weighted by Crippen LogP contribution is 2.51. The molecule has 0 bridgehead atoms. The van der Waals surface area contributed by atoms with Gasteiger partial charge in [0.05, 0.1) is 78.0 Å². The minimum Gasteiger partial charge on any atom is -0.306 e. The summed E-state index contributed by atoms with van der Waals surface area (Å²) in [4.78, 5) is 0. The van der Waals surface area contributed by atoms with Crippen LogP contribution in [0.2, 0.25) is 0 Å². The maximum absolute atomic E-state index is 15.2. The van der Waals surface area contributed by atoms with Crippen molar-refractivity contribution >= 4 is 87.2 Å². The van der Waals surface area contributed by atoms with E-state index in [1.54, 1.807) is 47.0 Å². The molecule has 0 spiro atoms. The molecule has 94 heavy (non-hydrogen) atoms. The number of hydrogen-bond donors (Lipinski definition) is 0. The first kappa shape index (κ1) is 55.7. The van der Waals surface area contributed by atoms with E-state index < -0.39 is 23.5 Å². The lowest BCUT2D eigenvalue weighted by Crippen LogP contribution is -2.17. The Morgan fingerprint density at radius 3 is 0.766 bits per heavy atom. The number of fused-ring (bicyclic) bond motifs is 12. The lowest BCUT2D eigenvalue weighted by Gasteiger charge is -2.27. The van der Waals surface area contributed by atoms with E-state index >= 15 is 26.3 Å². The smallest absolute Gasteiger partial charge is 0.306 e. The van der Waals surface area contributed by atoms with Gasteiger partial charge >= 0.3 is 12.4 Å². The van der Waals surface area contributed by atoms with Crippen LogP contribution in [-0.4, -0.2) is 18.3 Å². The molecular weight excluding hydrogens is 1180 g/mol. The Balaban J connectivity index is 1.15. The van der Waals surface area contributed by atoms with Gasteiger partial charge in [0.15, 0.2) is 0 Å². The summed E-state index contributed by atoms with van der Waals surface area (Å²) in [6, 6.07) is 91.4. The zero-order chi connectivity index (χ0) is 63.7. The van der Waals surface area contributed by atoms with Crippen molar-refractivity contribution in [3.05, 3.63) is 301 Å². The zero-order valence-corrected chi connectivity index (χ0v) is 49.5. The third kappa shape index (κ3) is 8.57. The van der Waals surface area contributed by atoms with Crippen LogP contribution in [0.3, 0.4) is 0 Å². The van der Waals surface area contributed by atoms with Gasteiger partial charge in [-0.1, -0.05) is 182 Å². The molecule has 0 N–H and O–H groups in total. The number of halogens is 6. The van der Waals surface area contributed by atoms with E-state index in [1.807, 2.05) is 180 Å². The van der Waals surface area contributed by atoms with Gasteiger partial charge in [0, 0.05) is 43.1 Å². The van der Waals surface area contributed by atoms with Gasteiger partial charge in [-0.2, -0.15) is 36.9 Å². The Bertz CT molecular complexity index is 5890. The first-order valence-electron chi connectivity index (χ1n) is 30.5. The summed E-state index contributed by atoms with van der Waals surface area (Å²) in [7, 11) is 0. The van der Waals surface area contributed by atoms with Crippen molar-refractivity contribution in [2.75, 3.05) is 0 Å². The van der Waals surface area contributed by atoms with Gasteiger partial charge in [-0.05, 0) is 142 Å². The molecule has 17 aromatic rings. The molecule has 0 atom stereocenters. The van der Waals surface area contributed by atoms with E-state index in [-0.39, 0.29) is 44.5 Å². The van der Waals surface area contributed by atoms with E-state index in [0.717, 1.165) is 90.3 Å². The van der Waals surface area contributed by atoms with Crippen molar-refractivity contribution in [3.8, 4) is 79.4 Å². The van der Waals surface area contributed by atoms with E-state index in [9.17, 15) is 10.5 Å². The first-order valence-corrected chi connectivity index (χ1v) is 30.5. The fourth-order valence-corrected chi connectivity index (χ4v) is 14.3. The van der Waals surface area contributed by atoms with Crippen molar-refractivity contribution in [2.45, 2.75) is 12.4 Å². The number of nitrogens with zero attached hydrogens (tertiary/aromatic N) is 6. The maximum atomic E-state index is 15.2. The summed E-state index contributed by atoms with van der Waals surface area (Å²) in [5.74, 6) is 0. The van der Waals surface area contributed by atoms with E-state index in [4.69, 9.17) is 0 Å². The standard InChI is InChI=1S/C82H46F6N6/c83-81(84,85)57-33-39-75-65(45-57)59-25-13-15-27-69(59)91(75)77-67(47-89)78(92-70-28-16-14-26-60(70)66-46-58(82(86,87)88)34-40-76(66)92)80(94-73-37-31-55(51-21-9-3-10-22-51)43-63(73)64-44-56(32-38-74(64)94)52-23-11-4-12-24-52)79(68(77)48-90)93-71-35-29-53(49-17-5-1-6-18-49)41-61(71)62-42-54(30-36-72(62)93)50-19-7-2-8-20-50/h1-46H.